The Bertz CT molecular complexity index is 909. The molecule has 0 atom stereocenters. The summed E-state index contributed by atoms with van der Waals surface area (Å²) in [5.74, 6) is -1.21. The van der Waals surface area contributed by atoms with Gasteiger partial charge >= 0.3 is 0 Å². The molecule has 128 valence electrons. The van der Waals surface area contributed by atoms with Gasteiger partial charge in [-0.25, -0.2) is 4.39 Å². The Hall–Kier alpha value is -2.56. The van der Waals surface area contributed by atoms with Crippen LogP contribution >= 0.6 is 27.5 Å². The quantitative estimate of drug-likeness (QED) is 0.558. The van der Waals surface area contributed by atoms with Gasteiger partial charge in [-0.05, 0) is 57.9 Å². The van der Waals surface area contributed by atoms with Crippen molar-refractivity contribution in [2.24, 2.45) is 0 Å². The Labute approximate surface area is 156 Å². The van der Waals surface area contributed by atoms with E-state index in [-0.39, 0.29) is 27.8 Å². The van der Waals surface area contributed by atoms with Crippen LogP contribution in [0.5, 0.6) is 11.5 Å². The van der Waals surface area contributed by atoms with Gasteiger partial charge in [0.1, 0.15) is 17.5 Å². The van der Waals surface area contributed by atoms with E-state index in [0.29, 0.717) is 10.0 Å². The molecule has 0 spiro atoms. The van der Waals surface area contributed by atoms with E-state index in [1.54, 1.807) is 6.07 Å². The number of halogens is 3. The number of hydrogen-bond acceptors (Lipinski definition) is 4. The number of phenolic OH excluding ortho intramolecular Hbond substituents is 1. The number of benzene rings is 2. The standard InChI is InChI=1S/C17H11BrClFN2O3/c1-25-15-6-9(5-12(18)16(15)23)4-10(8-21)17(24)22-11-2-3-14(20)13(19)7-11/h2-7,23H,1H3,(H,22,24). The molecular formula is C17H11BrClFN2O3. The predicted octanol–water partition coefficient (Wildman–Crippen LogP) is 4.50. The zero-order valence-corrected chi connectivity index (χ0v) is 15.2. The normalized spacial score (nSPS) is 10.9. The van der Waals surface area contributed by atoms with Gasteiger partial charge in [0.25, 0.3) is 5.91 Å². The summed E-state index contributed by atoms with van der Waals surface area (Å²) in [7, 11) is 1.38. The molecule has 0 saturated heterocycles. The molecule has 0 aliphatic rings. The minimum Gasteiger partial charge on any atom is -0.503 e. The second-order valence-electron chi connectivity index (χ2n) is 4.81. The first kappa shape index (κ1) is 18.8. The van der Waals surface area contributed by atoms with Crippen molar-refractivity contribution >= 4 is 45.2 Å². The van der Waals surface area contributed by atoms with E-state index in [9.17, 15) is 19.6 Å². The van der Waals surface area contributed by atoms with Gasteiger partial charge in [-0.3, -0.25) is 4.79 Å². The predicted molar refractivity (Wildman–Crippen MR) is 96.0 cm³/mol. The third-order valence-electron chi connectivity index (χ3n) is 3.12. The average molecular weight is 426 g/mol. The number of nitrogens with one attached hydrogen (secondary N) is 1. The number of methoxy groups -OCH3 is 1. The van der Waals surface area contributed by atoms with Gasteiger partial charge in [-0.15, -0.1) is 0 Å². The highest BCUT2D eigenvalue weighted by molar-refractivity contribution is 9.10. The number of nitriles is 1. The van der Waals surface area contributed by atoms with E-state index in [1.807, 2.05) is 0 Å². The van der Waals surface area contributed by atoms with Crippen LogP contribution in [0.4, 0.5) is 10.1 Å². The van der Waals surface area contributed by atoms with Crippen molar-refractivity contribution in [2.75, 3.05) is 12.4 Å². The average Bonchev–Trinajstić information content (AvgIpc) is 2.58. The number of aromatic hydroxyl groups is 1. The molecule has 0 aliphatic heterocycles. The van der Waals surface area contributed by atoms with E-state index in [0.717, 1.165) is 6.07 Å². The lowest BCUT2D eigenvalue weighted by Crippen LogP contribution is -2.13. The molecule has 0 bridgehead atoms. The van der Waals surface area contributed by atoms with Crippen LogP contribution in [0.25, 0.3) is 6.08 Å². The number of rotatable bonds is 4. The summed E-state index contributed by atoms with van der Waals surface area (Å²) >= 11 is 8.82. The number of ether oxygens (including phenoxy) is 1. The molecule has 0 aromatic heterocycles. The maximum Gasteiger partial charge on any atom is 0.266 e. The van der Waals surface area contributed by atoms with E-state index in [4.69, 9.17) is 16.3 Å². The van der Waals surface area contributed by atoms with Gasteiger partial charge in [-0.1, -0.05) is 11.6 Å². The van der Waals surface area contributed by atoms with Crippen LogP contribution < -0.4 is 10.1 Å². The molecule has 0 aliphatic carbocycles. The summed E-state index contributed by atoms with van der Waals surface area (Å²) < 4.78 is 18.5. The number of nitrogens with zero attached hydrogens (tertiary/aromatic N) is 1. The van der Waals surface area contributed by atoms with Gasteiger partial charge in [-0.2, -0.15) is 5.26 Å². The molecule has 5 nitrogen and oxygen atoms in total. The highest BCUT2D eigenvalue weighted by Crippen LogP contribution is 2.35. The Morgan fingerprint density at radius 1 is 1.44 bits per heavy atom. The van der Waals surface area contributed by atoms with E-state index >= 15 is 0 Å². The van der Waals surface area contributed by atoms with Crippen LogP contribution in [-0.4, -0.2) is 18.1 Å². The molecule has 8 heteroatoms. The third-order valence-corrected chi connectivity index (χ3v) is 4.02. The van der Waals surface area contributed by atoms with Crippen LogP contribution in [0.1, 0.15) is 5.56 Å². The fourth-order valence-corrected chi connectivity index (χ4v) is 2.56. The summed E-state index contributed by atoms with van der Waals surface area (Å²) in [5, 5.41) is 21.3. The zero-order valence-electron chi connectivity index (χ0n) is 12.8. The summed E-state index contributed by atoms with van der Waals surface area (Å²) in [6.45, 7) is 0. The first-order valence-corrected chi connectivity index (χ1v) is 7.97. The number of hydrogen-bond donors (Lipinski definition) is 2. The maximum absolute atomic E-state index is 13.1. The SMILES string of the molecule is COc1cc(C=C(C#N)C(=O)Nc2ccc(F)c(Cl)c2)cc(Br)c1O. The lowest BCUT2D eigenvalue weighted by Gasteiger charge is -2.08. The van der Waals surface area contributed by atoms with Gasteiger partial charge in [0.2, 0.25) is 0 Å². The van der Waals surface area contributed by atoms with Gasteiger partial charge in [0.15, 0.2) is 11.5 Å². The largest absolute Gasteiger partial charge is 0.503 e. The molecule has 2 aromatic rings. The lowest BCUT2D eigenvalue weighted by atomic mass is 10.1. The molecule has 1 amide bonds. The van der Waals surface area contributed by atoms with Crippen molar-refractivity contribution in [1.82, 2.24) is 0 Å². The highest BCUT2D eigenvalue weighted by Gasteiger charge is 2.13. The van der Waals surface area contributed by atoms with Crippen molar-refractivity contribution in [1.29, 1.82) is 5.26 Å². The number of carbonyl (C=O) groups is 1. The molecule has 0 unspecified atom stereocenters. The smallest absolute Gasteiger partial charge is 0.266 e. The van der Waals surface area contributed by atoms with Crippen molar-refractivity contribution in [3.05, 3.63) is 56.8 Å². The number of carbonyl (C=O) groups excluding carboxylic acids is 1. The molecule has 2 rings (SSSR count). The van der Waals surface area contributed by atoms with Crippen molar-refractivity contribution in [3.63, 3.8) is 0 Å². The van der Waals surface area contributed by atoms with Crippen LogP contribution in [0.2, 0.25) is 5.02 Å². The Kier molecular flexibility index (Phi) is 6.02. The highest BCUT2D eigenvalue weighted by atomic mass is 79.9. The summed E-state index contributed by atoms with van der Waals surface area (Å²) in [4.78, 5) is 12.2. The second-order valence-corrected chi connectivity index (χ2v) is 6.07. The van der Waals surface area contributed by atoms with E-state index in [1.165, 1.54) is 37.5 Å². The Morgan fingerprint density at radius 3 is 2.76 bits per heavy atom. The molecule has 0 radical (unpaired) electrons. The van der Waals surface area contributed by atoms with Crippen LogP contribution in [0.3, 0.4) is 0 Å². The molecule has 2 aromatic carbocycles. The topological polar surface area (TPSA) is 82.3 Å². The lowest BCUT2D eigenvalue weighted by molar-refractivity contribution is -0.112. The first-order chi connectivity index (χ1) is 11.8. The monoisotopic (exact) mass is 424 g/mol. The molecule has 0 fully saturated rings. The maximum atomic E-state index is 13.1. The van der Waals surface area contributed by atoms with Crippen LogP contribution in [0.15, 0.2) is 40.4 Å². The minimum absolute atomic E-state index is 0.0939. The Balaban J connectivity index is 2.31. The van der Waals surface area contributed by atoms with Crippen molar-refractivity contribution in [3.8, 4) is 17.6 Å². The fraction of sp³-hybridized carbons (Fsp3) is 0.0588. The van der Waals surface area contributed by atoms with E-state index < -0.39 is 11.7 Å². The van der Waals surface area contributed by atoms with Crippen molar-refractivity contribution < 1.29 is 19.0 Å². The number of anilines is 1. The van der Waals surface area contributed by atoms with Gasteiger partial charge in [0, 0.05) is 5.69 Å². The zero-order chi connectivity index (χ0) is 18.6. The third kappa shape index (κ3) is 4.50. The first-order valence-electron chi connectivity index (χ1n) is 6.80. The summed E-state index contributed by atoms with van der Waals surface area (Å²) in [6, 6.07) is 8.46. The Morgan fingerprint density at radius 2 is 2.16 bits per heavy atom. The van der Waals surface area contributed by atoms with Crippen LogP contribution in [0, 0.1) is 17.1 Å². The number of amides is 1. The molecule has 2 N–H and O–H groups in total. The molecule has 0 heterocycles. The molecule has 0 saturated carbocycles. The molecule has 25 heavy (non-hydrogen) atoms. The molecular weight excluding hydrogens is 415 g/mol. The van der Waals surface area contributed by atoms with Gasteiger partial charge in [0.05, 0.1) is 16.6 Å². The second kappa shape index (κ2) is 8.01. The minimum atomic E-state index is -0.687. The number of phenols is 1. The van der Waals surface area contributed by atoms with Crippen molar-refractivity contribution in [2.45, 2.75) is 0 Å². The van der Waals surface area contributed by atoms with E-state index in [2.05, 4.69) is 21.2 Å². The summed E-state index contributed by atoms with van der Waals surface area (Å²) in [5.41, 5.74) is 0.521. The fourth-order valence-electron chi connectivity index (χ4n) is 1.92. The van der Waals surface area contributed by atoms with Gasteiger partial charge < -0.3 is 15.2 Å². The summed E-state index contributed by atoms with van der Waals surface area (Å²) in [6.07, 6.45) is 1.33. The van der Waals surface area contributed by atoms with Crippen LogP contribution in [-0.2, 0) is 4.79 Å².